The SMILES string of the molecule is CCN(CC)CC(OC)(Sc1ccccn1)C(=O)NC. The molecule has 0 aliphatic heterocycles. The molecule has 0 aliphatic rings. The van der Waals surface area contributed by atoms with E-state index in [1.807, 2.05) is 18.2 Å². The summed E-state index contributed by atoms with van der Waals surface area (Å²) in [7, 11) is 3.19. The fraction of sp³-hybridized carbons (Fsp3) is 0.571. The van der Waals surface area contributed by atoms with Crippen molar-refractivity contribution < 1.29 is 9.53 Å². The van der Waals surface area contributed by atoms with Crippen LogP contribution in [0.4, 0.5) is 0 Å². The Morgan fingerprint density at radius 1 is 1.45 bits per heavy atom. The lowest BCUT2D eigenvalue weighted by molar-refractivity contribution is -0.134. The number of nitrogens with zero attached hydrogens (tertiary/aromatic N) is 2. The van der Waals surface area contributed by atoms with E-state index in [4.69, 9.17) is 4.74 Å². The second-order valence-electron chi connectivity index (χ2n) is 4.27. The molecule has 0 saturated heterocycles. The molecular weight excluding hydrogens is 274 g/mol. The van der Waals surface area contributed by atoms with E-state index in [9.17, 15) is 4.79 Å². The van der Waals surface area contributed by atoms with E-state index < -0.39 is 4.93 Å². The number of aromatic nitrogens is 1. The van der Waals surface area contributed by atoms with Crippen LogP contribution in [0.5, 0.6) is 0 Å². The molecule has 0 aliphatic carbocycles. The van der Waals surface area contributed by atoms with Crippen LogP contribution in [0.1, 0.15) is 13.8 Å². The first-order chi connectivity index (χ1) is 9.61. The van der Waals surface area contributed by atoms with Crippen molar-refractivity contribution in [3.05, 3.63) is 24.4 Å². The lowest BCUT2D eigenvalue weighted by Gasteiger charge is -2.34. The number of hydrogen-bond donors (Lipinski definition) is 1. The summed E-state index contributed by atoms with van der Waals surface area (Å²) in [6, 6.07) is 5.63. The number of thioether (sulfide) groups is 1. The molecule has 0 fully saturated rings. The maximum absolute atomic E-state index is 12.3. The number of carbonyl (C=O) groups excluding carboxylic acids is 1. The highest BCUT2D eigenvalue weighted by Gasteiger charge is 2.41. The van der Waals surface area contributed by atoms with Gasteiger partial charge in [0, 0.05) is 26.9 Å². The molecule has 112 valence electrons. The average molecular weight is 297 g/mol. The third-order valence-corrected chi connectivity index (χ3v) is 4.40. The van der Waals surface area contributed by atoms with Gasteiger partial charge in [-0.15, -0.1) is 0 Å². The first-order valence-electron chi connectivity index (χ1n) is 6.71. The van der Waals surface area contributed by atoms with E-state index in [0.717, 1.165) is 18.1 Å². The molecule has 1 unspecified atom stereocenters. The van der Waals surface area contributed by atoms with Gasteiger partial charge in [0.25, 0.3) is 5.91 Å². The van der Waals surface area contributed by atoms with Gasteiger partial charge in [0.2, 0.25) is 4.93 Å². The van der Waals surface area contributed by atoms with Gasteiger partial charge >= 0.3 is 0 Å². The van der Waals surface area contributed by atoms with Gasteiger partial charge in [-0.3, -0.25) is 9.69 Å². The molecular formula is C14H23N3O2S. The van der Waals surface area contributed by atoms with Crippen LogP contribution in [-0.2, 0) is 9.53 Å². The summed E-state index contributed by atoms with van der Waals surface area (Å²) in [6.07, 6.45) is 1.71. The molecule has 0 saturated carbocycles. The fourth-order valence-electron chi connectivity index (χ4n) is 1.86. The molecule has 6 heteroatoms. The Morgan fingerprint density at radius 2 is 2.15 bits per heavy atom. The van der Waals surface area contributed by atoms with E-state index in [2.05, 4.69) is 29.0 Å². The number of rotatable bonds is 8. The van der Waals surface area contributed by atoms with Gasteiger partial charge in [-0.2, -0.15) is 0 Å². The molecule has 0 aromatic carbocycles. The molecule has 0 bridgehead atoms. The first kappa shape index (κ1) is 16.9. The van der Waals surface area contributed by atoms with Crippen LogP contribution in [0.2, 0.25) is 0 Å². The minimum absolute atomic E-state index is 0.150. The van der Waals surface area contributed by atoms with Gasteiger partial charge in [0.1, 0.15) is 0 Å². The Kier molecular flexibility index (Phi) is 6.98. The van der Waals surface area contributed by atoms with Gasteiger partial charge < -0.3 is 10.1 Å². The predicted molar refractivity (Wildman–Crippen MR) is 81.7 cm³/mol. The average Bonchev–Trinajstić information content (AvgIpc) is 2.51. The first-order valence-corrected chi connectivity index (χ1v) is 7.53. The van der Waals surface area contributed by atoms with E-state index in [1.165, 1.54) is 11.8 Å². The molecule has 0 spiro atoms. The lowest BCUT2D eigenvalue weighted by Crippen LogP contribution is -2.52. The molecule has 20 heavy (non-hydrogen) atoms. The van der Waals surface area contributed by atoms with Crippen molar-refractivity contribution in [2.75, 3.05) is 33.8 Å². The molecule has 0 radical (unpaired) electrons. The van der Waals surface area contributed by atoms with Crippen LogP contribution in [0, 0.1) is 0 Å². The number of carbonyl (C=O) groups is 1. The van der Waals surface area contributed by atoms with Crippen LogP contribution >= 0.6 is 11.8 Å². The summed E-state index contributed by atoms with van der Waals surface area (Å²) in [6.45, 7) is 6.37. The van der Waals surface area contributed by atoms with Crippen LogP contribution in [0.25, 0.3) is 0 Å². The summed E-state index contributed by atoms with van der Waals surface area (Å²) in [4.78, 5) is 17.8. The van der Waals surface area contributed by atoms with Crippen molar-refractivity contribution in [2.24, 2.45) is 0 Å². The summed E-state index contributed by atoms with van der Waals surface area (Å²) in [5.74, 6) is -0.150. The highest BCUT2D eigenvalue weighted by molar-refractivity contribution is 8.01. The molecule has 1 aromatic heterocycles. The standard InChI is InChI=1S/C14H23N3O2S/c1-5-17(6-2)11-14(19-4,13(18)15-3)20-12-9-7-8-10-16-12/h7-10H,5-6,11H2,1-4H3,(H,15,18). The minimum atomic E-state index is -0.991. The van der Waals surface area contributed by atoms with Crippen molar-refractivity contribution in [3.8, 4) is 0 Å². The second-order valence-corrected chi connectivity index (χ2v) is 5.55. The molecule has 1 heterocycles. The molecule has 1 rings (SSSR count). The Bertz CT molecular complexity index is 412. The van der Waals surface area contributed by atoms with Gasteiger partial charge in [-0.1, -0.05) is 31.7 Å². The molecule has 5 nitrogen and oxygen atoms in total. The van der Waals surface area contributed by atoms with Gasteiger partial charge in [-0.05, 0) is 25.2 Å². The maximum Gasteiger partial charge on any atom is 0.264 e. The van der Waals surface area contributed by atoms with Crippen molar-refractivity contribution in [2.45, 2.75) is 23.8 Å². The van der Waals surface area contributed by atoms with Gasteiger partial charge in [0.15, 0.2) is 0 Å². The molecule has 1 amide bonds. The van der Waals surface area contributed by atoms with Crippen molar-refractivity contribution >= 4 is 17.7 Å². The van der Waals surface area contributed by atoms with Crippen molar-refractivity contribution in [1.82, 2.24) is 15.2 Å². The van der Waals surface area contributed by atoms with E-state index in [-0.39, 0.29) is 5.91 Å². The third-order valence-electron chi connectivity index (χ3n) is 3.14. The Morgan fingerprint density at radius 3 is 2.60 bits per heavy atom. The number of ether oxygens (including phenoxy) is 1. The normalized spacial score (nSPS) is 14.1. The Labute approximate surface area is 125 Å². The Hall–Kier alpha value is -1.11. The number of hydrogen-bond acceptors (Lipinski definition) is 5. The van der Waals surface area contributed by atoms with E-state index in [0.29, 0.717) is 6.54 Å². The van der Waals surface area contributed by atoms with Crippen LogP contribution in [0.15, 0.2) is 29.4 Å². The quantitative estimate of drug-likeness (QED) is 0.583. The zero-order chi connectivity index (χ0) is 15.0. The highest BCUT2D eigenvalue weighted by Crippen LogP contribution is 2.33. The van der Waals surface area contributed by atoms with Crippen molar-refractivity contribution in [1.29, 1.82) is 0 Å². The molecule has 1 N–H and O–H groups in total. The molecule has 1 atom stereocenters. The number of amides is 1. The van der Waals surface area contributed by atoms with E-state index in [1.54, 1.807) is 20.4 Å². The van der Waals surface area contributed by atoms with E-state index >= 15 is 0 Å². The van der Waals surface area contributed by atoms with Crippen molar-refractivity contribution in [3.63, 3.8) is 0 Å². The number of pyridine rings is 1. The summed E-state index contributed by atoms with van der Waals surface area (Å²) >= 11 is 1.34. The largest absolute Gasteiger partial charge is 0.357 e. The summed E-state index contributed by atoms with van der Waals surface area (Å²) < 4.78 is 5.60. The monoisotopic (exact) mass is 297 g/mol. The third kappa shape index (κ3) is 4.19. The second kappa shape index (κ2) is 8.24. The summed E-state index contributed by atoms with van der Waals surface area (Å²) in [5.41, 5.74) is 0. The molecule has 1 aromatic rings. The zero-order valence-electron chi connectivity index (χ0n) is 12.5. The lowest BCUT2D eigenvalue weighted by atomic mass is 10.3. The highest BCUT2D eigenvalue weighted by atomic mass is 32.2. The zero-order valence-corrected chi connectivity index (χ0v) is 13.4. The Balaban J connectivity index is 3.01. The maximum atomic E-state index is 12.3. The van der Waals surface area contributed by atoms with Gasteiger partial charge in [0.05, 0.1) is 5.03 Å². The number of nitrogens with one attached hydrogen (secondary N) is 1. The minimum Gasteiger partial charge on any atom is -0.357 e. The topological polar surface area (TPSA) is 54.5 Å². The van der Waals surface area contributed by atoms with Crippen LogP contribution < -0.4 is 5.32 Å². The van der Waals surface area contributed by atoms with Gasteiger partial charge in [-0.25, -0.2) is 4.98 Å². The summed E-state index contributed by atoms with van der Waals surface area (Å²) in [5, 5.41) is 3.46. The van der Waals surface area contributed by atoms with Crippen LogP contribution in [0.3, 0.4) is 0 Å². The smallest absolute Gasteiger partial charge is 0.264 e. The number of likely N-dealkylation sites (N-methyl/N-ethyl adjacent to an activating group) is 2. The van der Waals surface area contributed by atoms with Crippen LogP contribution in [-0.4, -0.2) is 54.5 Å². The predicted octanol–water partition coefficient (Wildman–Crippen LogP) is 1.60. The fourth-order valence-corrected chi connectivity index (χ4v) is 2.98. The number of methoxy groups -OCH3 is 1.